The molecular formula is C27H26N6O. The molecule has 1 fully saturated rings. The van der Waals surface area contributed by atoms with Crippen LogP contribution in [-0.4, -0.2) is 33.9 Å². The average molecular weight is 451 g/mol. The summed E-state index contributed by atoms with van der Waals surface area (Å²) in [5, 5.41) is 9.64. The highest BCUT2D eigenvalue weighted by Gasteiger charge is 2.16. The molecular weight excluding hydrogens is 424 g/mol. The number of nitrogens with one attached hydrogen (secondary N) is 3. The molecule has 7 heteroatoms. The van der Waals surface area contributed by atoms with Crippen molar-refractivity contribution in [2.24, 2.45) is 0 Å². The van der Waals surface area contributed by atoms with Crippen LogP contribution in [0.3, 0.4) is 0 Å². The van der Waals surface area contributed by atoms with Crippen molar-refractivity contribution in [3.05, 3.63) is 95.9 Å². The Morgan fingerprint density at radius 1 is 1.06 bits per heavy atom. The topological polar surface area (TPSA) is 91.8 Å². The lowest BCUT2D eigenvalue weighted by Crippen LogP contribution is -2.13. The largest absolute Gasteiger partial charge is 0.324 e. The van der Waals surface area contributed by atoms with Crippen molar-refractivity contribution in [3.8, 4) is 11.3 Å². The number of benzene rings is 2. The summed E-state index contributed by atoms with van der Waals surface area (Å²) in [6, 6.07) is 19.4. The van der Waals surface area contributed by atoms with Crippen LogP contribution in [0.15, 0.2) is 79.3 Å². The van der Waals surface area contributed by atoms with E-state index in [1.807, 2.05) is 55.5 Å². The zero-order valence-corrected chi connectivity index (χ0v) is 19.0. The second kappa shape index (κ2) is 9.80. The third kappa shape index (κ3) is 4.94. The number of aromatic nitrogens is 3. The number of hydrogen-bond donors (Lipinski definition) is 3. The SMILES string of the molecule is Cc1ccc(C(=O)Nc2ccc(C3CCNC3)cc2)cc1Nc1nccc(-c2cccnc2)n1. The van der Waals surface area contributed by atoms with Crippen LogP contribution in [0, 0.1) is 6.92 Å². The van der Waals surface area contributed by atoms with E-state index in [1.165, 1.54) is 5.56 Å². The molecule has 2 aromatic heterocycles. The van der Waals surface area contributed by atoms with E-state index in [2.05, 4.69) is 43.0 Å². The quantitative estimate of drug-likeness (QED) is 0.386. The van der Waals surface area contributed by atoms with E-state index in [9.17, 15) is 4.79 Å². The molecule has 0 aliphatic carbocycles. The minimum Gasteiger partial charge on any atom is -0.324 e. The zero-order chi connectivity index (χ0) is 23.3. The summed E-state index contributed by atoms with van der Waals surface area (Å²) < 4.78 is 0. The molecule has 0 spiro atoms. The fourth-order valence-corrected chi connectivity index (χ4v) is 4.09. The molecule has 1 atom stereocenters. The smallest absolute Gasteiger partial charge is 0.255 e. The van der Waals surface area contributed by atoms with Gasteiger partial charge in [-0.05, 0) is 79.4 Å². The third-order valence-corrected chi connectivity index (χ3v) is 6.06. The van der Waals surface area contributed by atoms with Gasteiger partial charge < -0.3 is 16.0 Å². The minimum absolute atomic E-state index is 0.164. The molecule has 1 unspecified atom stereocenters. The number of nitrogens with zero attached hydrogens (tertiary/aromatic N) is 3. The number of pyridine rings is 1. The molecule has 2 aromatic carbocycles. The van der Waals surface area contributed by atoms with Gasteiger partial charge >= 0.3 is 0 Å². The minimum atomic E-state index is -0.164. The van der Waals surface area contributed by atoms with Gasteiger partial charge in [0.1, 0.15) is 0 Å². The van der Waals surface area contributed by atoms with E-state index < -0.39 is 0 Å². The van der Waals surface area contributed by atoms with Crippen molar-refractivity contribution in [1.82, 2.24) is 20.3 Å². The molecule has 0 saturated carbocycles. The Kier molecular flexibility index (Phi) is 6.27. The van der Waals surface area contributed by atoms with Gasteiger partial charge in [-0.2, -0.15) is 0 Å². The standard InChI is InChI=1S/C27H26N6O/c1-18-4-5-20(26(34)31-23-8-6-19(7-9-23)21-10-13-29-16-21)15-25(18)33-27-30-14-11-24(32-27)22-3-2-12-28-17-22/h2-9,11-12,14-15,17,21,29H,10,13,16H2,1H3,(H,31,34)(H,30,32,33). The van der Waals surface area contributed by atoms with Gasteiger partial charge in [-0.25, -0.2) is 9.97 Å². The summed E-state index contributed by atoms with van der Waals surface area (Å²) in [7, 11) is 0. The van der Waals surface area contributed by atoms with Crippen molar-refractivity contribution in [3.63, 3.8) is 0 Å². The van der Waals surface area contributed by atoms with Crippen LogP contribution in [0.1, 0.15) is 33.8 Å². The lowest BCUT2D eigenvalue weighted by Gasteiger charge is -2.13. The summed E-state index contributed by atoms with van der Waals surface area (Å²) in [6.45, 7) is 4.05. The van der Waals surface area contributed by atoms with E-state index in [0.29, 0.717) is 17.4 Å². The van der Waals surface area contributed by atoms with E-state index in [1.54, 1.807) is 18.6 Å². The molecule has 1 amide bonds. The Bertz CT molecular complexity index is 1280. The van der Waals surface area contributed by atoms with Crippen LogP contribution in [0.2, 0.25) is 0 Å². The predicted octanol–water partition coefficient (Wildman–Crippen LogP) is 4.92. The Balaban J connectivity index is 1.30. The van der Waals surface area contributed by atoms with Crippen LogP contribution in [-0.2, 0) is 0 Å². The van der Waals surface area contributed by atoms with Gasteiger partial charge in [-0.1, -0.05) is 18.2 Å². The fourth-order valence-electron chi connectivity index (χ4n) is 4.09. The Hall–Kier alpha value is -4.10. The van der Waals surface area contributed by atoms with Gasteiger partial charge in [0.2, 0.25) is 5.95 Å². The van der Waals surface area contributed by atoms with Crippen molar-refractivity contribution in [2.75, 3.05) is 23.7 Å². The highest BCUT2D eigenvalue weighted by Crippen LogP contribution is 2.25. The molecule has 170 valence electrons. The lowest BCUT2D eigenvalue weighted by molar-refractivity contribution is 0.102. The Labute approximate surface area is 198 Å². The molecule has 0 radical (unpaired) electrons. The highest BCUT2D eigenvalue weighted by molar-refractivity contribution is 6.05. The monoisotopic (exact) mass is 450 g/mol. The fraction of sp³-hybridized carbons (Fsp3) is 0.185. The predicted molar refractivity (Wildman–Crippen MR) is 134 cm³/mol. The maximum atomic E-state index is 12.9. The average Bonchev–Trinajstić information content (AvgIpc) is 3.42. The van der Waals surface area contributed by atoms with Crippen LogP contribution in [0.25, 0.3) is 11.3 Å². The summed E-state index contributed by atoms with van der Waals surface area (Å²) in [5.74, 6) is 0.844. The van der Waals surface area contributed by atoms with Crippen LogP contribution < -0.4 is 16.0 Å². The highest BCUT2D eigenvalue weighted by atomic mass is 16.1. The van der Waals surface area contributed by atoms with Crippen LogP contribution in [0.5, 0.6) is 0 Å². The molecule has 0 bridgehead atoms. The Morgan fingerprint density at radius 3 is 2.71 bits per heavy atom. The van der Waals surface area contributed by atoms with Gasteiger partial charge in [0.15, 0.2) is 0 Å². The summed E-state index contributed by atoms with van der Waals surface area (Å²) in [5.41, 5.74) is 6.09. The first kappa shape index (κ1) is 21.7. The van der Waals surface area contributed by atoms with E-state index in [0.717, 1.165) is 47.7 Å². The van der Waals surface area contributed by atoms with E-state index >= 15 is 0 Å². The molecule has 5 rings (SSSR count). The summed E-state index contributed by atoms with van der Waals surface area (Å²) >= 11 is 0. The number of aryl methyl sites for hydroxylation is 1. The first-order chi connectivity index (χ1) is 16.7. The molecule has 4 aromatic rings. The van der Waals surface area contributed by atoms with E-state index in [-0.39, 0.29) is 5.91 Å². The molecule has 1 aliphatic rings. The number of rotatable bonds is 6. The van der Waals surface area contributed by atoms with Gasteiger partial charge in [-0.3, -0.25) is 9.78 Å². The second-order valence-electron chi connectivity index (χ2n) is 8.43. The molecule has 7 nitrogen and oxygen atoms in total. The number of carbonyl (C=O) groups is 1. The molecule has 3 N–H and O–H groups in total. The summed E-state index contributed by atoms with van der Waals surface area (Å²) in [4.78, 5) is 26.0. The first-order valence-electron chi connectivity index (χ1n) is 11.4. The molecule has 3 heterocycles. The maximum Gasteiger partial charge on any atom is 0.255 e. The lowest BCUT2D eigenvalue weighted by atomic mass is 9.98. The van der Waals surface area contributed by atoms with Crippen molar-refractivity contribution >= 4 is 23.2 Å². The molecule has 1 aliphatic heterocycles. The Morgan fingerprint density at radius 2 is 1.94 bits per heavy atom. The summed E-state index contributed by atoms with van der Waals surface area (Å²) in [6.07, 6.45) is 6.35. The van der Waals surface area contributed by atoms with Crippen molar-refractivity contribution < 1.29 is 4.79 Å². The third-order valence-electron chi connectivity index (χ3n) is 6.06. The first-order valence-corrected chi connectivity index (χ1v) is 11.4. The molecule has 34 heavy (non-hydrogen) atoms. The van der Waals surface area contributed by atoms with Gasteiger partial charge in [0.05, 0.1) is 5.69 Å². The number of amides is 1. The van der Waals surface area contributed by atoms with E-state index in [4.69, 9.17) is 0 Å². The second-order valence-corrected chi connectivity index (χ2v) is 8.43. The normalized spacial score (nSPS) is 15.1. The van der Waals surface area contributed by atoms with Gasteiger partial charge in [-0.15, -0.1) is 0 Å². The zero-order valence-electron chi connectivity index (χ0n) is 19.0. The van der Waals surface area contributed by atoms with Crippen molar-refractivity contribution in [1.29, 1.82) is 0 Å². The number of anilines is 3. The number of hydrogen-bond acceptors (Lipinski definition) is 6. The maximum absolute atomic E-state index is 12.9. The van der Waals surface area contributed by atoms with Crippen LogP contribution >= 0.6 is 0 Å². The van der Waals surface area contributed by atoms with Crippen LogP contribution in [0.4, 0.5) is 17.3 Å². The number of carbonyl (C=O) groups excluding carboxylic acids is 1. The van der Waals surface area contributed by atoms with Gasteiger partial charge in [0.25, 0.3) is 5.91 Å². The van der Waals surface area contributed by atoms with Crippen molar-refractivity contribution in [2.45, 2.75) is 19.3 Å². The van der Waals surface area contributed by atoms with Gasteiger partial charge in [0, 0.05) is 47.6 Å². The molecule has 1 saturated heterocycles.